The van der Waals surface area contributed by atoms with Gasteiger partial charge in [0.15, 0.2) is 11.5 Å². The van der Waals surface area contributed by atoms with Crippen LogP contribution in [0.3, 0.4) is 0 Å². The highest BCUT2D eigenvalue weighted by molar-refractivity contribution is 6.14. The second kappa shape index (κ2) is 2.60. The number of ketones is 1. The first kappa shape index (κ1) is 7.58. The van der Waals surface area contributed by atoms with Crippen molar-refractivity contribution in [1.29, 1.82) is 0 Å². The third kappa shape index (κ3) is 0.935. The maximum atomic E-state index is 10.7. The molecule has 0 aromatic carbocycles. The summed E-state index contributed by atoms with van der Waals surface area (Å²) < 4.78 is 0. The molecule has 0 unspecified atom stereocenters. The standard InChI is InChI=1S/C5H3N3O.H4N2/c6-5-3-4(9)2(8-3)1-7-5;1-2/h1H,(H2,6,7,9);1-2H2. The van der Waals surface area contributed by atoms with Crippen LogP contribution in [-0.2, 0) is 0 Å². The lowest BCUT2D eigenvalue weighted by Crippen LogP contribution is -2.22. The van der Waals surface area contributed by atoms with Gasteiger partial charge in [-0.3, -0.25) is 16.5 Å². The van der Waals surface area contributed by atoms with Crippen LogP contribution in [0.5, 0.6) is 0 Å². The van der Waals surface area contributed by atoms with Crippen molar-refractivity contribution < 1.29 is 4.79 Å². The summed E-state index contributed by atoms with van der Waals surface area (Å²) in [5.74, 6) is 8.15. The van der Waals surface area contributed by atoms with Gasteiger partial charge in [-0.1, -0.05) is 0 Å². The topological polar surface area (TPSA) is 121 Å². The van der Waals surface area contributed by atoms with Gasteiger partial charge in [0.1, 0.15) is 5.69 Å². The molecular formula is C5H7N5O. The van der Waals surface area contributed by atoms with E-state index in [1.54, 1.807) is 0 Å². The number of hydrogen-bond acceptors (Lipinski definition) is 6. The Kier molecular flexibility index (Phi) is 1.79. The first-order valence-electron chi connectivity index (χ1n) is 2.79. The van der Waals surface area contributed by atoms with Crippen molar-refractivity contribution in [3.8, 4) is 0 Å². The summed E-state index contributed by atoms with van der Waals surface area (Å²) in [6, 6.07) is 0. The molecule has 0 aliphatic carbocycles. The van der Waals surface area contributed by atoms with E-state index in [-0.39, 0.29) is 11.6 Å². The lowest BCUT2D eigenvalue weighted by molar-refractivity contribution is 0.100. The smallest absolute Gasteiger partial charge is 0.235 e. The number of hydrazine groups is 1. The van der Waals surface area contributed by atoms with Gasteiger partial charge in [0.05, 0.1) is 6.20 Å². The molecule has 0 saturated carbocycles. The van der Waals surface area contributed by atoms with E-state index in [1.807, 2.05) is 0 Å². The molecule has 11 heavy (non-hydrogen) atoms. The maximum Gasteiger partial charge on any atom is 0.235 e. The lowest BCUT2D eigenvalue weighted by atomic mass is 10.1. The average Bonchev–Trinajstić information content (AvgIpc) is 2.07. The van der Waals surface area contributed by atoms with Crippen LogP contribution in [0.2, 0.25) is 0 Å². The first-order chi connectivity index (χ1) is 5.29. The number of anilines is 1. The second-order valence-electron chi connectivity index (χ2n) is 1.82. The van der Waals surface area contributed by atoms with Crippen molar-refractivity contribution in [3.63, 3.8) is 0 Å². The van der Waals surface area contributed by atoms with Crippen LogP contribution in [0.4, 0.5) is 5.82 Å². The van der Waals surface area contributed by atoms with E-state index in [0.29, 0.717) is 11.4 Å². The number of rotatable bonds is 0. The molecule has 0 radical (unpaired) electrons. The summed E-state index contributed by atoms with van der Waals surface area (Å²) in [6.45, 7) is 0. The Labute approximate surface area is 62.4 Å². The van der Waals surface area contributed by atoms with E-state index in [4.69, 9.17) is 5.73 Å². The molecule has 0 spiro atoms. The normalized spacial score (nSPS) is 11.3. The number of carbonyl (C=O) groups is 1. The van der Waals surface area contributed by atoms with Crippen LogP contribution in [0.15, 0.2) is 6.20 Å². The Morgan fingerprint density at radius 1 is 1.36 bits per heavy atom. The Balaban J connectivity index is 0.000000281. The molecule has 3 heterocycles. The minimum absolute atomic E-state index is 0.0810. The van der Waals surface area contributed by atoms with E-state index in [9.17, 15) is 4.79 Å². The van der Waals surface area contributed by atoms with Gasteiger partial charge in [-0.15, -0.1) is 0 Å². The fraction of sp³-hybridized carbons (Fsp3) is 0. The molecule has 0 atom stereocenters. The van der Waals surface area contributed by atoms with Crippen LogP contribution < -0.4 is 17.4 Å². The van der Waals surface area contributed by atoms with Crippen molar-refractivity contribution in [2.45, 2.75) is 0 Å². The number of carbonyl (C=O) groups excluding carboxylic acids is 1. The largest absolute Gasteiger partial charge is 0.382 e. The molecule has 0 amide bonds. The Morgan fingerprint density at radius 3 is 2.27 bits per heavy atom. The van der Waals surface area contributed by atoms with E-state index < -0.39 is 0 Å². The highest BCUT2D eigenvalue weighted by Gasteiger charge is 2.26. The van der Waals surface area contributed by atoms with Crippen molar-refractivity contribution in [3.05, 3.63) is 17.6 Å². The summed E-state index contributed by atoms with van der Waals surface area (Å²) in [5.41, 5.74) is 5.99. The summed E-state index contributed by atoms with van der Waals surface area (Å²) in [7, 11) is 0. The summed E-state index contributed by atoms with van der Waals surface area (Å²) in [5, 5.41) is 0. The zero-order valence-electron chi connectivity index (χ0n) is 5.61. The quantitative estimate of drug-likeness (QED) is 0.310. The van der Waals surface area contributed by atoms with Crippen molar-refractivity contribution in [2.24, 2.45) is 11.7 Å². The molecule has 0 fully saturated rings. The van der Waals surface area contributed by atoms with Crippen LogP contribution in [0.25, 0.3) is 0 Å². The number of nitrogens with two attached hydrogens (primary N) is 3. The van der Waals surface area contributed by atoms with Gasteiger partial charge in [-0.2, -0.15) is 0 Å². The molecule has 6 heteroatoms. The third-order valence-corrected chi connectivity index (χ3v) is 1.25. The first-order valence-corrected chi connectivity index (χ1v) is 2.79. The van der Waals surface area contributed by atoms with Crippen LogP contribution in [-0.4, -0.2) is 15.8 Å². The number of hydrogen-bond donors (Lipinski definition) is 3. The second-order valence-corrected chi connectivity index (χ2v) is 1.82. The van der Waals surface area contributed by atoms with Gasteiger partial charge in [-0.05, 0) is 0 Å². The van der Waals surface area contributed by atoms with Crippen molar-refractivity contribution in [2.75, 3.05) is 5.73 Å². The predicted molar refractivity (Wildman–Crippen MR) is 38.3 cm³/mol. The van der Waals surface area contributed by atoms with Crippen LogP contribution in [0, 0.1) is 0 Å². The summed E-state index contributed by atoms with van der Waals surface area (Å²) >= 11 is 0. The van der Waals surface area contributed by atoms with Gasteiger partial charge in [-0.25, -0.2) is 9.97 Å². The molecule has 58 valence electrons. The fourth-order valence-electron chi connectivity index (χ4n) is 0.743. The van der Waals surface area contributed by atoms with E-state index in [0.717, 1.165) is 0 Å². The Bertz CT molecular complexity index is 293. The van der Waals surface area contributed by atoms with Gasteiger partial charge in [0, 0.05) is 0 Å². The number of aromatic nitrogens is 2. The third-order valence-electron chi connectivity index (χ3n) is 1.25. The SMILES string of the molecule is NN.Nc1ncc2nc1C2=O. The molecule has 6 N–H and O–H groups in total. The highest BCUT2D eigenvalue weighted by Crippen LogP contribution is 2.18. The molecule has 0 saturated heterocycles. The van der Waals surface area contributed by atoms with Gasteiger partial charge in [0.25, 0.3) is 0 Å². The van der Waals surface area contributed by atoms with E-state index >= 15 is 0 Å². The Morgan fingerprint density at radius 2 is 2.00 bits per heavy atom. The van der Waals surface area contributed by atoms with E-state index in [1.165, 1.54) is 6.20 Å². The predicted octanol–water partition coefficient (Wildman–Crippen LogP) is -1.58. The van der Waals surface area contributed by atoms with E-state index in [2.05, 4.69) is 21.7 Å². The molecule has 2 aliphatic heterocycles. The molecule has 6 nitrogen and oxygen atoms in total. The van der Waals surface area contributed by atoms with Crippen molar-refractivity contribution >= 4 is 11.6 Å². The van der Waals surface area contributed by atoms with Crippen LogP contribution in [0.1, 0.15) is 16.2 Å². The Hall–Kier alpha value is -1.53. The van der Waals surface area contributed by atoms with Gasteiger partial charge in [0.2, 0.25) is 5.78 Å². The fourth-order valence-corrected chi connectivity index (χ4v) is 0.743. The van der Waals surface area contributed by atoms with Gasteiger partial charge >= 0.3 is 0 Å². The molecule has 1 aromatic heterocycles. The molecule has 3 rings (SSSR count). The molecule has 2 aliphatic rings. The summed E-state index contributed by atoms with van der Waals surface area (Å²) in [4.78, 5) is 18.1. The minimum atomic E-state index is -0.0810. The minimum Gasteiger partial charge on any atom is -0.382 e. The lowest BCUT2D eigenvalue weighted by Gasteiger charge is -2.10. The zero-order valence-corrected chi connectivity index (χ0v) is 5.61. The number of nitrogen functional groups attached to an aromatic ring is 1. The highest BCUT2D eigenvalue weighted by atomic mass is 16.1. The average molecular weight is 153 g/mol. The maximum absolute atomic E-state index is 10.7. The number of fused-ring (bicyclic) bond motifs is 2. The molecular weight excluding hydrogens is 146 g/mol. The zero-order chi connectivity index (χ0) is 8.43. The monoisotopic (exact) mass is 153 g/mol. The summed E-state index contributed by atoms with van der Waals surface area (Å²) in [6.07, 6.45) is 1.38. The van der Waals surface area contributed by atoms with Gasteiger partial charge < -0.3 is 5.73 Å². The van der Waals surface area contributed by atoms with Crippen molar-refractivity contribution in [1.82, 2.24) is 9.97 Å². The van der Waals surface area contributed by atoms with Crippen LogP contribution >= 0.6 is 0 Å². The molecule has 2 bridgehead atoms. The molecule has 1 aromatic rings. The number of nitrogens with zero attached hydrogens (tertiary/aromatic N) is 2.